The molecule has 0 saturated carbocycles. The molecule has 0 spiro atoms. The SMILES string of the molecule is N#CN1CCC(C2Cc3ccccc3N2S(N)(=O)=O)C1. The number of rotatable bonds is 2. The summed E-state index contributed by atoms with van der Waals surface area (Å²) < 4.78 is 25.2. The Morgan fingerprint density at radius 3 is 2.75 bits per heavy atom. The van der Waals surface area contributed by atoms with Crippen molar-refractivity contribution in [1.82, 2.24) is 4.90 Å². The number of nitriles is 1. The fourth-order valence-electron chi connectivity index (χ4n) is 3.26. The van der Waals surface area contributed by atoms with E-state index in [0.29, 0.717) is 25.2 Å². The predicted molar refractivity (Wildman–Crippen MR) is 74.8 cm³/mol. The van der Waals surface area contributed by atoms with E-state index in [1.807, 2.05) is 18.2 Å². The molecule has 2 unspecified atom stereocenters. The van der Waals surface area contributed by atoms with Crippen LogP contribution in [0.25, 0.3) is 0 Å². The summed E-state index contributed by atoms with van der Waals surface area (Å²) in [6, 6.07) is 7.26. The number of benzene rings is 1. The van der Waals surface area contributed by atoms with E-state index in [2.05, 4.69) is 6.19 Å². The molecule has 3 rings (SSSR count). The Kier molecular flexibility index (Phi) is 3.07. The van der Waals surface area contributed by atoms with E-state index < -0.39 is 10.2 Å². The quantitative estimate of drug-likeness (QED) is 0.800. The fourth-order valence-corrected chi connectivity index (χ4v) is 4.34. The lowest BCUT2D eigenvalue weighted by atomic mass is 9.96. The van der Waals surface area contributed by atoms with Crippen molar-refractivity contribution in [2.24, 2.45) is 11.1 Å². The molecule has 1 fully saturated rings. The summed E-state index contributed by atoms with van der Waals surface area (Å²) in [5.74, 6) is 0.139. The maximum Gasteiger partial charge on any atom is 0.299 e. The molecule has 7 heteroatoms. The first-order chi connectivity index (χ1) is 9.50. The van der Waals surface area contributed by atoms with Crippen LogP contribution in [0.2, 0.25) is 0 Å². The molecule has 106 valence electrons. The predicted octanol–water partition coefficient (Wildman–Crippen LogP) is 0.424. The Morgan fingerprint density at radius 2 is 2.10 bits per heavy atom. The van der Waals surface area contributed by atoms with Crippen molar-refractivity contribution in [3.8, 4) is 6.19 Å². The van der Waals surface area contributed by atoms with Crippen LogP contribution < -0.4 is 9.44 Å². The van der Waals surface area contributed by atoms with Crippen LogP contribution in [0.15, 0.2) is 24.3 Å². The van der Waals surface area contributed by atoms with Crippen LogP contribution in [0.3, 0.4) is 0 Å². The smallest absolute Gasteiger partial charge is 0.299 e. The van der Waals surface area contributed by atoms with Gasteiger partial charge in [-0.25, -0.2) is 5.14 Å². The van der Waals surface area contributed by atoms with Crippen LogP contribution in [-0.2, 0) is 16.6 Å². The number of likely N-dealkylation sites (tertiary alicyclic amines) is 1. The number of hydrogen-bond acceptors (Lipinski definition) is 4. The van der Waals surface area contributed by atoms with Gasteiger partial charge in [0, 0.05) is 19.0 Å². The summed E-state index contributed by atoms with van der Waals surface area (Å²) in [7, 11) is -3.79. The molecule has 2 heterocycles. The van der Waals surface area contributed by atoms with Gasteiger partial charge in [0.1, 0.15) is 0 Å². The third kappa shape index (κ3) is 2.11. The van der Waals surface area contributed by atoms with Gasteiger partial charge in [-0.2, -0.15) is 13.7 Å². The zero-order valence-corrected chi connectivity index (χ0v) is 11.8. The maximum atomic E-state index is 11.9. The molecular formula is C13H16N4O2S. The Morgan fingerprint density at radius 1 is 1.35 bits per heavy atom. The Balaban J connectivity index is 1.95. The largest absolute Gasteiger partial charge is 0.310 e. The molecule has 0 bridgehead atoms. The summed E-state index contributed by atoms with van der Waals surface area (Å²) in [6.45, 7) is 1.29. The lowest BCUT2D eigenvalue weighted by Crippen LogP contribution is -2.46. The minimum atomic E-state index is -3.79. The number of hydrogen-bond donors (Lipinski definition) is 1. The van der Waals surface area contributed by atoms with Crippen molar-refractivity contribution in [1.29, 1.82) is 5.26 Å². The average molecular weight is 292 g/mol. The monoisotopic (exact) mass is 292 g/mol. The van der Waals surface area contributed by atoms with E-state index >= 15 is 0 Å². The fraction of sp³-hybridized carbons (Fsp3) is 0.462. The zero-order chi connectivity index (χ0) is 14.3. The molecule has 2 atom stereocenters. The maximum absolute atomic E-state index is 11.9. The molecule has 20 heavy (non-hydrogen) atoms. The molecule has 0 amide bonds. The van der Waals surface area contributed by atoms with Crippen molar-refractivity contribution in [2.75, 3.05) is 17.4 Å². The molecule has 0 aliphatic carbocycles. The highest BCUT2D eigenvalue weighted by Crippen LogP contribution is 2.38. The Labute approximate surface area is 118 Å². The van der Waals surface area contributed by atoms with Crippen LogP contribution in [0.1, 0.15) is 12.0 Å². The van der Waals surface area contributed by atoms with Crippen LogP contribution in [0, 0.1) is 17.4 Å². The van der Waals surface area contributed by atoms with Crippen molar-refractivity contribution in [2.45, 2.75) is 18.9 Å². The van der Waals surface area contributed by atoms with Gasteiger partial charge in [0.25, 0.3) is 10.2 Å². The summed E-state index contributed by atoms with van der Waals surface area (Å²) >= 11 is 0. The van der Waals surface area contributed by atoms with Crippen molar-refractivity contribution in [3.05, 3.63) is 29.8 Å². The van der Waals surface area contributed by atoms with E-state index in [0.717, 1.165) is 12.0 Å². The van der Waals surface area contributed by atoms with Gasteiger partial charge in [-0.1, -0.05) is 18.2 Å². The summed E-state index contributed by atoms with van der Waals surface area (Å²) in [5.41, 5.74) is 1.68. The molecule has 0 aromatic heterocycles. The van der Waals surface area contributed by atoms with E-state index in [1.165, 1.54) is 4.31 Å². The molecule has 2 N–H and O–H groups in total. The topological polar surface area (TPSA) is 90.4 Å². The van der Waals surface area contributed by atoms with Crippen molar-refractivity contribution >= 4 is 15.9 Å². The van der Waals surface area contributed by atoms with Gasteiger partial charge in [-0.05, 0) is 24.5 Å². The Bertz CT molecular complexity index is 667. The first-order valence-corrected chi connectivity index (χ1v) is 8.06. The van der Waals surface area contributed by atoms with Gasteiger partial charge < -0.3 is 4.90 Å². The third-order valence-corrected chi connectivity index (χ3v) is 5.16. The van der Waals surface area contributed by atoms with Gasteiger partial charge in [0.15, 0.2) is 6.19 Å². The van der Waals surface area contributed by atoms with Gasteiger partial charge in [0.2, 0.25) is 0 Å². The first kappa shape index (κ1) is 13.2. The highest BCUT2D eigenvalue weighted by atomic mass is 32.2. The number of nitrogens with two attached hydrogens (primary N) is 1. The average Bonchev–Trinajstić information content (AvgIpc) is 3.01. The minimum Gasteiger partial charge on any atom is -0.310 e. The number of para-hydroxylation sites is 1. The molecule has 1 aromatic rings. The van der Waals surface area contributed by atoms with Crippen LogP contribution in [0.4, 0.5) is 5.69 Å². The third-order valence-electron chi connectivity index (χ3n) is 4.14. The molecule has 0 radical (unpaired) electrons. The standard InChI is InChI=1S/C13H16N4O2S/c14-9-16-6-5-11(8-16)13-7-10-3-1-2-4-12(10)17(13)20(15,18)19/h1-4,11,13H,5-8H2,(H2,15,18,19). The molecule has 1 saturated heterocycles. The second-order valence-corrected chi connectivity index (χ2v) is 6.76. The lowest BCUT2D eigenvalue weighted by molar-refractivity contribution is 0.412. The van der Waals surface area contributed by atoms with E-state index in [-0.39, 0.29) is 12.0 Å². The van der Waals surface area contributed by atoms with E-state index in [9.17, 15) is 8.42 Å². The van der Waals surface area contributed by atoms with Gasteiger partial charge >= 0.3 is 0 Å². The minimum absolute atomic E-state index is 0.139. The second-order valence-electron chi connectivity index (χ2n) is 5.34. The molecule has 6 nitrogen and oxygen atoms in total. The summed E-state index contributed by atoms with van der Waals surface area (Å²) in [4.78, 5) is 1.68. The lowest BCUT2D eigenvalue weighted by Gasteiger charge is -2.28. The van der Waals surface area contributed by atoms with Gasteiger partial charge in [-0.15, -0.1) is 0 Å². The normalized spacial score (nSPS) is 25.6. The van der Waals surface area contributed by atoms with Crippen LogP contribution in [-0.4, -0.2) is 32.4 Å². The van der Waals surface area contributed by atoms with Crippen LogP contribution in [0.5, 0.6) is 0 Å². The van der Waals surface area contributed by atoms with Crippen molar-refractivity contribution in [3.63, 3.8) is 0 Å². The number of fused-ring (bicyclic) bond motifs is 1. The second kappa shape index (κ2) is 4.65. The molecule has 1 aromatic carbocycles. The molecule has 2 aliphatic heterocycles. The number of nitrogens with zero attached hydrogens (tertiary/aromatic N) is 3. The molecular weight excluding hydrogens is 276 g/mol. The highest BCUT2D eigenvalue weighted by molar-refractivity contribution is 7.90. The van der Waals surface area contributed by atoms with E-state index in [4.69, 9.17) is 10.4 Å². The first-order valence-electron chi connectivity index (χ1n) is 6.55. The van der Waals surface area contributed by atoms with Gasteiger partial charge in [0.05, 0.1) is 11.7 Å². The van der Waals surface area contributed by atoms with Crippen LogP contribution >= 0.6 is 0 Å². The summed E-state index contributed by atoms with van der Waals surface area (Å²) in [6.07, 6.45) is 3.61. The highest BCUT2D eigenvalue weighted by Gasteiger charge is 2.42. The van der Waals surface area contributed by atoms with Gasteiger partial charge in [-0.3, -0.25) is 4.31 Å². The zero-order valence-electron chi connectivity index (χ0n) is 10.9. The van der Waals surface area contributed by atoms with Crippen molar-refractivity contribution < 1.29 is 8.42 Å². The summed E-state index contributed by atoms with van der Waals surface area (Å²) in [5, 5.41) is 14.3. The Hall–Kier alpha value is -1.78. The molecule has 2 aliphatic rings. The van der Waals surface area contributed by atoms with E-state index in [1.54, 1.807) is 11.0 Å². The number of anilines is 1.